The lowest BCUT2D eigenvalue weighted by Crippen LogP contribution is -2.31. The number of alkyl halides is 1. The smallest absolute Gasteiger partial charge is 0.258 e. The number of halogens is 2. The molecule has 2 amide bonds. The Morgan fingerprint density at radius 2 is 1.79 bits per heavy atom. The summed E-state index contributed by atoms with van der Waals surface area (Å²) in [7, 11) is 1.92. The van der Waals surface area contributed by atoms with E-state index in [-0.39, 0.29) is 17.9 Å². The maximum Gasteiger partial charge on any atom is 0.258 e. The number of rotatable bonds is 5. The topological polar surface area (TPSA) is 61.4 Å². The molecule has 7 heteroatoms. The maximum atomic E-state index is 13.4. The molecule has 0 spiro atoms. The summed E-state index contributed by atoms with van der Waals surface area (Å²) in [5.74, 6) is -0.403. The second-order valence-electron chi connectivity index (χ2n) is 8.43. The number of aryl methyl sites for hydroxylation is 1. The molecule has 5 nitrogen and oxygen atoms in total. The van der Waals surface area contributed by atoms with Crippen LogP contribution in [0.5, 0.6) is 0 Å². The van der Waals surface area contributed by atoms with E-state index >= 15 is 0 Å². The van der Waals surface area contributed by atoms with Crippen LogP contribution in [0.2, 0.25) is 5.02 Å². The van der Waals surface area contributed by atoms with Gasteiger partial charge in [0.25, 0.3) is 5.91 Å². The lowest BCUT2D eigenvalue weighted by atomic mass is 10.0. The Hall–Kier alpha value is -2.86. The highest BCUT2D eigenvalue weighted by molar-refractivity contribution is 6.32. The van der Waals surface area contributed by atoms with Crippen LogP contribution in [-0.4, -0.2) is 25.4 Å². The lowest BCUT2D eigenvalue weighted by molar-refractivity contribution is -0.116. The van der Waals surface area contributed by atoms with Crippen molar-refractivity contribution < 1.29 is 9.59 Å². The van der Waals surface area contributed by atoms with Crippen molar-refractivity contribution in [2.75, 3.05) is 23.8 Å². The molecule has 176 valence electrons. The Morgan fingerprint density at radius 1 is 1.06 bits per heavy atom. The molecule has 4 rings (SSSR count). The molecule has 2 atom stereocenters. The minimum atomic E-state index is -0.803. The number of carbonyl (C=O) groups is 2. The average molecular weight is 496 g/mol. The molecule has 34 heavy (non-hydrogen) atoms. The van der Waals surface area contributed by atoms with Gasteiger partial charge in [-0.1, -0.05) is 35.9 Å². The normalized spacial score (nSPS) is 16.4. The van der Waals surface area contributed by atoms with Crippen molar-refractivity contribution in [2.24, 2.45) is 0 Å². The number of nitrogens with one attached hydrogen (secondary N) is 2. The minimum Gasteiger partial charge on any atom is -0.325 e. The highest BCUT2D eigenvalue weighted by Crippen LogP contribution is 2.35. The van der Waals surface area contributed by atoms with Crippen LogP contribution in [0, 0.1) is 6.92 Å². The summed E-state index contributed by atoms with van der Waals surface area (Å²) in [6.45, 7) is 2.54. The van der Waals surface area contributed by atoms with E-state index in [2.05, 4.69) is 10.6 Å². The molecule has 0 aromatic heterocycles. The van der Waals surface area contributed by atoms with Crippen LogP contribution in [0.4, 0.5) is 11.4 Å². The predicted octanol–water partition coefficient (Wildman–Crippen LogP) is 6.27. The zero-order valence-electron chi connectivity index (χ0n) is 19.1. The molecule has 0 bridgehead atoms. The van der Waals surface area contributed by atoms with Crippen LogP contribution in [0.15, 0.2) is 66.7 Å². The van der Waals surface area contributed by atoms with Crippen molar-refractivity contribution in [3.63, 3.8) is 0 Å². The van der Waals surface area contributed by atoms with Crippen molar-refractivity contribution in [1.82, 2.24) is 5.32 Å². The number of carbonyl (C=O) groups excluding carboxylic acids is 2. The van der Waals surface area contributed by atoms with Gasteiger partial charge in [-0.3, -0.25) is 9.59 Å². The van der Waals surface area contributed by atoms with Gasteiger partial charge in [-0.25, -0.2) is 0 Å². The van der Waals surface area contributed by atoms with Gasteiger partial charge in [0, 0.05) is 34.5 Å². The number of hydrogen-bond acceptors (Lipinski definition) is 3. The molecule has 0 fully saturated rings. The van der Waals surface area contributed by atoms with Crippen LogP contribution in [0.3, 0.4) is 0 Å². The first-order valence-electron chi connectivity index (χ1n) is 11.3. The van der Waals surface area contributed by atoms with E-state index in [1.165, 1.54) is 0 Å². The molecule has 2 unspecified atom stereocenters. The van der Waals surface area contributed by atoms with E-state index < -0.39 is 5.38 Å². The molecule has 3 aromatic carbocycles. The predicted molar refractivity (Wildman–Crippen MR) is 139 cm³/mol. The molecule has 0 saturated heterocycles. The van der Waals surface area contributed by atoms with E-state index in [1.54, 1.807) is 24.3 Å². The highest BCUT2D eigenvalue weighted by Gasteiger charge is 2.27. The summed E-state index contributed by atoms with van der Waals surface area (Å²) in [5.41, 5.74) is 4.74. The minimum absolute atomic E-state index is 0.0895. The van der Waals surface area contributed by atoms with Gasteiger partial charge in [0.15, 0.2) is 0 Å². The van der Waals surface area contributed by atoms with E-state index in [0.29, 0.717) is 22.8 Å². The van der Waals surface area contributed by atoms with Crippen LogP contribution in [-0.2, 0) is 4.79 Å². The van der Waals surface area contributed by atoms with Crippen molar-refractivity contribution in [1.29, 1.82) is 0 Å². The number of amides is 2. The summed E-state index contributed by atoms with van der Waals surface area (Å²) in [4.78, 5) is 27.9. The number of anilines is 2. The molecule has 1 aliphatic heterocycles. The largest absolute Gasteiger partial charge is 0.325 e. The van der Waals surface area contributed by atoms with Crippen molar-refractivity contribution in [3.05, 3.63) is 94.0 Å². The van der Waals surface area contributed by atoms with Gasteiger partial charge in [-0.2, -0.15) is 0 Å². The Labute approximate surface area is 210 Å². The van der Waals surface area contributed by atoms with Gasteiger partial charge in [0.05, 0.1) is 0 Å². The van der Waals surface area contributed by atoms with E-state index in [9.17, 15) is 9.59 Å². The van der Waals surface area contributed by atoms with Gasteiger partial charge in [0.2, 0.25) is 5.91 Å². The fourth-order valence-corrected chi connectivity index (χ4v) is 4.84. The fourth-order valence-electron chi connectivity index (χ4n) is 4.36. The molecular formula is C27H27Cl2N3O2. The molecule has 0 radical (unpaired) electrons. The van der Waals surface area contributed by atoms with Crippen molar-refractivity contribution in [3.8, 4) is 0 Å². The van der Waals surface area contributed by atoms with E-state index in [1.807, 2.05) is 61.3 Å². The fraction of sp³-hybridized carbons (Fsp3) is 0.259. The second kappa shape index (κ2) is 10.6. The number of fused-ring (bicyclic) bond motifs is 1. The third-order valence-corrected chi connectivity index (χ3v) is 6.88. The average Bonchev–Trinajstić information content (AvgIpc) is 3.02. The summed E-state index contributed by atoms with van der Waals surface area (Å²) in [6, 6.07) is 20.2. The summed E-state index contributed by atoms with van der Waals surface area (Å²) >= 11 is 12.7. The molecule has 1 aliphatic rings. The number of hydrogen-bond donors (Lipinski definition) is 2. The van der Waals surface area contributed by atoms with Crippen LogP contribution < -0.4 is 15.5 Å². The monoisotopic (exact) mass is 495 g/mol. The van der Waals surface area contributed by atoms with Crippen LogP contribution >= 0.6 is 23.2 Å². The molecule has 1 heterocycles. The van der Waals surface area contributed by atoms with Gasteiger partial charge in [-0.15, -0.1) is 11.6 Å². The molecule has 0 aliphatic carbocycles. The third-order valence-electron chi connectivity index (χ3n) is 6.22. The molecular weight excluding hydrogens is 469 g/mol. The zero-order chi connectivity index (χ0) is 24.2. The lowest BCUT2D eigenvalue weighted by Gasteiger charge is -2.24. The van der Waals surface area contributed by atoms with Gasteiger partial charge in [-0.05, 0) is 86.0 Å². The Balaban J connectivity index is 1.51. The van der Waals surface area contributed by atoms with Crippen molar-refractivity contribution >= 4 is 46.4 Å². The van der Waals surface area contributed by atoms with Gasteiger partial charge >= 0.3 is 0 Å². The van der Waals surface area contributed by atoms with Gasteiger partial charge in [0.1, 0.15) is 5.38 Å². The SMILES string of the molecule is CNC1CCCN(C(=O)c2ccc(NC(=O)C(Cl)c3ccccc3C)cc2)c2ccc(Cl)cc21. The second-order valence-corrected chi connectivity index (χ2v) is 9.30. The third kappa shape index (κ3) is 5.12. The maximum absolute atomic E-state index is 13.4. The summed E-state index contributed by atoms with van der Waals surface area (Å²) in [5, 5.41) is 6.02. The Kier molecular flexibility index (Phi) is 7.57. The van der Waals surface area contributed by atoms with Crippen LogP contribution in [0.25, 0.3) is 0 Å². The number of benzene rings is 3. The Morgan fingerprint density at radius 3 is 2.50 bits per heavy atom. The van der Waals surface area contributed by atoms with E-state index in [0.717, 1.165) is 35.2 Å². The summed E-state index contributed by atoms with van der Waals surface area (Å²) < 4.78 is 0. The standard InChI is InChI=1S/C27H27Cl2N3O2/c1-17-6-3-4-7-21(17)25(29)26(33)31-20-12-9-18(10-13-20)27(34)32-15-5-8-23(30-2)22-16-19(28)11-14-24(22)32/h3-4,6-7,9-14,16,23,25,30H,5,8,15H2,1-2H3,(H,31,33). The highest BCUT2D eigenvalue weighted by atomic mass is 35.5. The Bertz CT molecular complexity index is 1200. The summed E-state index contributed by atoms with van der Waals surface area (Å²) in [6.07, 6.45) is 1.78. The first-order chi connectivity index (χ1) is 16.4. The zero-order valence-corrected chi connectivity index (χ0v) is 20.7. The van der Waals surface area contributed by atoms with Crippen LogP contribution in [0.1, 0.15) is 51.3 Å². The van der Waals surface area contributed by atoms with E-state index in [4.69, 9.17) is 23.2 Å². The molecule has 3 aromatic rings. The first kappa shape index (κ1) is 24.3. The molecule has 2 N–H and O–H groups in total. The quantitative estimate of drug-likeness (QED) is 0.410. The van der Waals surface area contributed by atoms with Crippen molar-refractivity contribution in [2.45, 2.75) is 31.2 Å². The number of nitrogens with zero attached hydrogens (tertiary/aromatic N) is 1. The molecule has 0 saturated carbocycles. The first-order valence-corrected chi connectivity index (χ1v) is 12.1. The van der Waals surface area contributed by atoms with Gasteiger partial charge < -0.3 is 15.5 Å².